The quantitative estimate of drug-likeness (QED) is 0.779. The van der Waals surface area contributed by atoms with Gasteiger partial charge in [-0.1, -0.05) is 11.6 Å². The van der Waals surface area contributed by atoms with Crippen molar-refractivity contribution >= 4 is 38.9 Å². The number of rotatable bonds is 2. The molecular weight excluding hydrogens is 338 g/mol. The fourth-order valence-corrected chi connectivity index (χ4v) is 2.00. The van der Waals surface area contributed by atoms with E-state index in [4.69, 9.17) is 16.9 Å². The third kappa shape index (κ3) is 3.03. The molecule has 0 aromatic heterocycles. The smallest absolute Gasteiger partial charge is 0.149 e. The molecule has 0 aliphatic carbocycles. The number of nitrogens with zero attached hydrogens (tertiary/aromatic N) is 1. The highest BCUT2D eigenvalue weighted by Gasteiger charge is 2.10. The first-order valence-corrected chi connectivity index (χ1v) is 6.29. The first-order valence-electron chi connectivity index (χ1n) is 5.12. The van der Waals surface area contributed by atoms with Crippen LogP contribution in [0.1, 0.15) is 5.56 Å². The Morgan fingerprint density at radius 1 is 1.11 bits per heavy atom. The number of hydrogen-bond acceptors (Lipinski definition) is 2. The number of halogens is 4. The van der Waals surface area contributed by atoms with Crippen molar-refractivity contribution < 1.29 is 8.78 Å². The Morgan fingerprint density at radius 3 is 2.53 bits per heavy atom. The van der Waals surface area contributed by atoms with Crippen LogP contribution in [0.25, 0.3) is 0 Å². The average molecular weight is 344 g/mol. The van der Waals surface area contributed by atoms with Crippen LogP contribution in [0.3, 0.4) is 0 Å². The molecule has 2 rings (SSSR count). The van der Waals surface area contributed by atoms with Crippen molar-refractivity contribution in [2.24, 2.45) is 0 Å². The molecule has 0 heterocycles. The largest absolute Gasteiger partial charge is 0.352 e. The molecule has 0 bridgehead atoms. The van der Waals surface area contributed by atoms with E-state index in [1.54, 1.807) is 12.1 Å². The van der Waals surface area contributed by atoms with Gasteiger partial charge in [0.25, 0.3) is 0 Å². The number of nitriles is 1. The molecule has 2 nitrogen and oxygen atoms in total. The highest BCUT2D eigenvalue weighted by Crippen LogP contribution is 2.28. The van der Waals surface area contributed by atoms with Gasteiger partial charge in [0.1, 0.15) is 17.7 Å². The van der Waals surface area contributed by atoms with E-state index in [0.717, 1.165) is 6.07 Å². The molecule has 2 aromatic rings. The van der Waals surface area contributed by atoms with Crippen molar-refractivity contribution in [3.8, 4) is 6.07 Å². The summed E-state index contributed by atoms with van der Waals surface area (Å²) in [6.45, 7) is 0. The van der Waals surface area contributed by atoms with Crippen LogP contribution >= 0.6 is 27.5 Å². The third-order valence-electron chi connectivity index (χ3n) is 2.38. The summed E-state index contributed by atoms with van der Waals surface area (Å²) >= 11 is 8.74. The molecule has 0 aliphatic rings. The minimum absolute atomic E-state index is 0.0621. The molecule has 0 atom stereocenters. The van der Waals surface area contributed by atoms with Crippen molar-refractivity contribution in [3.05, 3.63) is 57.0 Å². The van der Waals surface area contributed by atoms with Gasteiger partial charge in [0, 0.05) is 11.1 Å². The van der Waals surface area contributed by atoms with Crippen LogP contribution in [0.15, 0.2) is 34.8 Å². The normalized spacial score (nSPS) is 10.1. The number of nitrogens with one attached hydrogen (secondary N) is 1. The zero-order valence-corrected chi connectivity index (χ0v) is 11.7. The van der Waals surface area contributed by atoms with Crippen LogP contribution < -0.4 is 5.32 Å². The fraction of sp³-hybridized carbons (Fsp3) is 0. The summed E-state index contributed by atoms with van der Waals surface area (Å²) in [4.78, 5) is 0. The second-order valence-electron chi connectivity index (χ2n) is 3.67. The summed E-state index contributed by atoms with van der Waals surface area (Å²) < 4.78 is 26.8. The standard InChI is InChI=1S/C13H6BrClF2N2/c14-9-4-13(11(17)5-10(9)16)19-12-2-1-8(15)3-7(12)6-18/h1-5,19H. The summed E-state index contributed by atoms with van der Waals surface area (Å²) in [5, 5.41) is 12.1. The topological polar surface area (TPSA) is 35.8 Å². The molecular formula is C13H6BrClF2N2. The van der Waals surface area contributed by atoms with E-state index >= 15 is 0 Å². The van der Waals surface area contributed by atoms with E-state index in [2.05, 4.69) is 21.2 Å². The van der Waals surface area contributed by atoms with E-state index < -0.39 is 11.6 Å². The van der Waals surface area contributed by atoms with Gasteiger partial charge in [-0.25, -0.2) is 8.78 Å². The Balaban J connectivity index is 2.42. The minimum Gasteiger partial charge on any atom is -0.352 e. The van der Waals surface area contributed by atoms with Crippen molar-refractivity contribution in [2.75, 3.05) is 5.32 Å². The molecule has 19 heavy (non-hydrogen) atoms. The lowest BCUT2D eigenvalue weighted by Crippen LogP contribution is -1.97. The lowest BCUT2D eigenvalue weighted by molar-refractivity contribution is 0.581. The molecule has 2 aromatic carbocycles. The highest BCUT2D eigenvalue weighted by molar-refractivity contribution is 9.10. The first-order chi connectivity index (χ1) is 9.01. The Hall–Kier alpha value is -1.64. The first kappa shape index (κ1) is 13.8. The molecule has 0 fully saturated rings. The van der Waals surface area contributed by atoms with Crippen LogP contribution in [0.4, 0.5) is 20.2 Å². The molecule has 0 saturated heterocycles. The van der Waals surface area contributed by atoms with Gasteiger partial charge >= 0.3 is 0 Å². The Labute approximate surface area is 121 Å². The van der Waals surface area contributed by atoms with Crippen LogP contribution in [-0.2, 0) is 0 Å². The Morgan fingerprint density at radius 2 is 1.84 bits per heavy atom. The van der Waals surface area contributed by atoms with Crippen LogP contribution in [0.2, 0.25) is 5.02 Å². The molecule has 96 valence electrons. The summed E-state index contributed by atoms with van der Waals surface area (Å²) in [6, 6.07) is 8.55. The number of hydrogen-bond donors (Lipinski definition) is 1. The molecule has 0 spiro atoms. The van der Waals surface area contributed by atoms with Crippen LogP contribution in [0.5, 0.6) is 0 Å². The maximum absolute atomic E-state index is 13.6. The molecule has 0 radical (unpaired) electrons. The zero-order valence-electron chi connectivity index (χ0n) is 9.35. The lowest BCUT2D eigenvalue weighted by Gasteiger charge is -2.10. The molecule has 0 aliphatic heterocycles. The average Bonchev–Trinajstić information content (AvgIpc) is 2.37. The maximum atomic E-state index is 13.6. The van der Waals surface area contributed by atoms with Crippen LogP contribution in [-0.4, -0.2) is 0 Å². The number of anilines is 2. The maximum Gasteiger partial charge on any atom is 0.149 e. The Kier molecular flexibility index (Phi) is 4.03. The van der Waals surface area contributed by atoms with E-state index in [-0.39, 0.29) is 15.7 Å². The molecule has 0 amide bonds. The second kappa shape index (κ2) is 5.55. The predicted molar refractivity (Wildman–Crippen MR) is 73.5 cm³/mol. The van der Waals surface area contributed by atoms with Gasteiger partial charge in [0.2, 0.25) is 0 Å². The van der Waals surface area contributed by atoms with Gasteiger partial charge in [-0.05, 0) is 40.2 Å². The molecule has 0 saturated carbocycles. The summed E-state index contributed by atoms with van der Waals surface area (Å²) in [5.41, 5.74) is 0.726. The number of benzene rings is 2. The molecule has 0 unspecified atom stereocenters. The van der Waals surface area contributed by atoms with Gasteiger partial charge in [0.05, 0.1) is 21.4 Å². The van der Waals surface area contributed by atoms with Crippen molar-refractivity contribution in [3.63, 3.8) is 0 Å². The third-order valence-corrected chi connectivity index (χ3v) is 3.22. The minimum atomic E-state index is -0.750. The second-order valence-corrected chi connectivity index (χ2v) is 4.96. The monoisotopic (exact) mass is 342 g/mol. The molecule has 6 heteroatoms. The lowest BCUT2D eigenvalue weighted by atomic mass is 10.2. The molecule has 1 N–H and O–H groups in total. The van der Waals surface area contributed by atoms with Crippen molar-refractivity contribution in [1.29, 1.82) is 5.26 Å². The van der Waals surface area contributed by atoms with Gasteiger partial charge in [-0.2, -0.15) is 5.26 Å². The highest BCUT2D eigenvalue weighted by atomic mass is 79.9. The van der Waals surface area contributed by atoms with Gasteiger partial charge in [-0.15, -0.1) is 0 Å². The summed E-state index contributed by atoms with van der Waals surface area (Å²) in [5.74, 6) is -1.45. The van der Waals surface area contributed by atoms with Crippen LogP contribution in [0, 0.1) is 23.0 Å². The summed E-state index contributed by atoms with van der Waals surface area (Å²) in [6.07, 6.45) is 0. The van der Waals surface area contributed by atoms with Crippen molar-refractivity contribution in [1.82, 2.24) is 0 Å². The van der Waals surface area contributed by atoms with Crippen molar-refractivity contribution in [2.45, 2.75) is 0 Å². The SMILES string of the molecule is N#Cc1cc(Cl)ccc1Nc1cc(Br)c(F)cc1F. The van der Waals surface area contributed by atoms with E-state index in [0.29, 0.717) is 10.7 Å². The van der Waals surface area contributed by atoms with Gasteiger partial charge in [-0.3, -0.25) is 0 Å². The zero-order chi connectivity index (χ0) is 14.0. The predicted octanol–water partition coefficient (Wildman–Crippen LogP) is 5.00. The van der Waals surface area contributed by atoms with E-state index in [9.17, 15) is 8.78 Å². The van der Waals surface area contributed by atoms with E-state index in [1.165, 1.54) is 12.1 Å². The Bertz CT molecular complexity index is 683. The van der Waals surface area contributed by atoms with Gasteiger partial charge < -0.3 is 5.32 Å². The fourth-order valence-electron chi connectivity index (χ4n) is 1.48. The van der Waals surface area contributed by atoms with Gasteiger partial charge in [0.15, 0.2) is 0 Å². The summed E-state index contributed by atoms with van der Waals surface area (Å²) in [7, 11) is 0. The van der Waals surface area contributed by atoms with E-state index in [1.807, 2.05) is 6.07 Å².